The van der Waals surface area contributed by atoms with Crippen LogP contribution in [0, 0.1) is 0 Å². The summed E-state index contributed by atoms with van der Waals surface area (Å²) in [5.74, 6) is 0.963. The highest BCUT2D eigenvalue weighted by Gasteiger charge is 2.25. The molecule has 1 aromatic rings. The minimum atomic E-state index is -0.0566. The van der Waals surface area contributed by atoms with Gasteiger partial charge in [-0.2, -0.15) is 0 Å². The first-order valence-corrected chi connectivity index (χ1v) is 7.28. The van der Waals surface area contributed by atoms with E-state index in [-0.39, 0.29) is 19.3 Å². The van der Waals surface area contributed by atoms with Gasteiger partial charge in [0.05, 0.1) is 11.6 Å². The van der Waals surface area contributed by atoms with E-state index in [4.69, 9.17) is 26.2 Å². The van der Waals surface area contributed by atoms with E-state index >= 15 is 0 Å². The van der Waals surface area contributed by atoms with Crippen LogP contribution < -0.4 is 9.47 Å². The number of carbonyl (C=O) groups excluding carboxylic acids is 1. The Hall–Kier alpha value is -1.50. The van der Waals surface area contributed by atoms with Gasteiger partial charge >= 0.3 is 0 Å². The van der Waals surface area contributed by atoms with E-state index in [1.807, 2.05) is 0 Å². The second kappa shape index (κ2) is 6.09. The minimum absolute atomic E-state index is 0.0566. The summed E-state index contributed by atoms with van der Waals surface area (Å²) in [5, 5.41) is 9.32. The summed E-state index contributed by atoms with van der Waals surface area (Å²) in [6.07, 6.45) is 0. The number of halogens is 1. The van der Waals surface area contributed by atoms with Gasteiger partial charge in [-0.25, -0.2) is 0 Å². The van der Waals surface area contributed by atoms with Crippen molar-refractivity contribution in [2.45, 2.75) is 0 Å². The van der Waals surface area contributed by atoms with Gasteiger partial charge in [0.1, 0.15) is 0 Å². The van der Waals surface area contributed by atoms with Gasteiger partial charge in [0.25, 0.3) is 5.91 Å². The Kier molecular flexibility index (Phi) is 4.19. The summed E-state index contributed by atoms with van der Waals surface area (Å²) in [6, 6.07) is 3.30. The molecule has 0 aliphatic carbocycles. The molecule has 0 saturated carbocycles. The number of fused-ring (bicyclic) bond motifs is 1. The number of carbonyl (C=O) groups is 1. The molecule has 114 valence electrons. The summed E-state index contributed by atoms with van der Waals surface area (Å²) in [5.41, 5.74) is 0.514. The third-order valence-electron chi connectivity index (χ3n) is 3.75. The van der Waals surface area contributed by atoms with Crippen LogP contribution >= 0.6 is 11.6 Å². The van der Waals surface area contributed by atoms with Crippen molar-refractivity contribution in [2.75, 3.05) is 46.1 Å². The molecule has 0 atom stereocenters. The molecule has 2 aliphatic rings. The van der Waals surface area contributed by atoms with Crippen molar-refractivity contribution in [2.24, 2.45) is 0 Å². The number of hydrogen-bond donors (Lipinski definition) is 1. The number of benzene rings is 1. The van der Waals surface area contributed by atoms with E-state index in [1.165, 1.54) is 0 Å². The van der Waals surface area contributed by atoms with Crippen molar-refractivity contribution in [3.63, 3.8) is 0 Å². The first kappa shape index (κ1) is 14.4. The lowest BCUT2D eigenvalue weighted by molar-refractivity contribution is 0.0614. The summed E-state index contributed by atoms with van der Waals surface area (Å²) in [6.45, 7) is 3.75. The first-order chi connectivity index (χ1) is 10.2. The molecule has 2 heterocycles. The highest BCUT2D eigenvalue weighted by atomic mass is 35.5. The van der Waals surface area contributed by atoms with E-state index < -0.39 is 0 Å². The predicted octanol–water partition coefficient (Wildman–Crippen LogP) is 0.819. The summed E-state index contributed by atoms with van der Waals surface area (Å²) in [7, 11) is 0. The average molecular weight is 313 g/mol. The van der Waals surface area contributed by atoms with Crippen molar-refractivity contribution < 1.29 is 19.4 Å². The third-order valence-corrected chi connectivity index (χ3v) is 4.03. The first-order valence-electron chi connectivity index (χ1n) is 6.90. The number of piperazine rings is 1. The van der Waals surface area contributed by atoms with Crippen LogP contribution in [-0.2, 0) is 0 Å². The number of rotatable bonds is 3. The second-order valence-corrected chi connectivity index (χ2v) is 5.46. The zero-order chi connectivity index (χ0) is 14.8. The molecular formula is C14H17ClN2O4. The standard InChI is InChI=1S/C14H17ClN2O4/c15-11-7-10(8-12-13(11)21-9-20-12)14(19)17-3-1-16(2-4-17)5-6-18/h7-8,18H,1-6,9H2. The Morgan fingerprint density at radius 3 is 2.71 bits per heavy atom. The fourth-order valence-corrected chi connectivity index (χ4v) is 2.85. The number of β-amino-alcohol motifs (C(OH)–C–C–N with tert-alkyl or cyclic N) is 1. The SMILES string of the molecule is O=C(c1cc(Cl)c2c(c1)OCO2)N1CCN(CCO)CC1. The zero-order valence-electron chi connectivity index (χ0n) is 11.5. The molecule has 0 bridgehead atoms. The van der Waals surface area contributed by atoms with Crippen LogP contribution in [-0.4, -0.2) is 66.9 Å². The van der Waals surface area contributed by atoms with E-state index in [1.54, 1.807) is 17.0 Å². The molecule has 1 saturated heterocycles. The predicted molar refractivity (Wildman–Crippen MR) is 77.0 cm³/mol. The highest BCUT2D eigenvalue weighted by molar-refractivity contribution is 6.32. The van der Waals surface area contributed by atoms with Crippen LogP contribution in [0.2, 0.25) is 5.02 Å². The van der Waals surface area contributed by atoms with Crippen molar-refractivity contribution >= 4 is 17.5 Å². The van der Waals surface area contributed by atoms with Gasteiger partial charge in [-0.15, -0.1) is 0 Å². The molecule has 0 unspecified atom stereocenters. The largest absolute Gasteiger partial charge is 0.454 e. The lowest BCUT2D eigenvalue weighted by Crippen LogP contribution is -2.49. The van der Waals surface area contributed by atoms with E-state index in [9.17, 15) is 4.79 Å². The number of amides is 1. The van der Waals surface area contributed by atoms with E-state index in [0.29, 0.717) is 41.7 Å². The van der Waals surface area contributed by atoms with Crippen LogP contribution in [0.5, 0.6) is 11.5 Å². The van der Waals surface area contributed by atoms with Crippen LogP contribution in [0.4, 0.5) is 0 Å². The van der Waals surface area contributed by atoms with Crippen molar-refractivity contribution in [3.8, 4) is 11.5 Å². The van der Waals surface area contributed by atoms with Crippen molar-refractivity contribution in [1.82, 2.24) is 9.80 Å². The van der Waals surface area contributed by atoms with Gasteiger partial charge in [-0.05, 0) is 12.1 Å². The van der Waals surface area contributed by atoms with Crippen LogP contribution in [0.15, 0.2) is 12.1 Å². The van der Waals surface area contributed by atoms with Gasteiger partial charge in [0.2, 0.25) is 6.79 Å². The molecule has 7 heteroatoms. The summed E-state index contributed by atoms with van der Waals surface area (Å²) >= 11 is 6.11. The maximum atomic E-state index is 12.5. The molecule has 21 heavy (non-hydrogen) atoms. The molecule has 0 aromatic heterocycles. The Morgan fingerprint density at radius 1 is 1.24 bits per heavy atom. The van der Waals surface area contributed by atoms with Gasteiger partial charge < -0.3 is 19.5 Å². The topological polar surface area (TPSA) is 62.2 Å². The van der Waals surface area contributed by atoms with Crippen LogP contribution in [0.25, 0.3) is 0 Å². The number of nitrogens with zero attached hydrogens (tertiary/aromatic N) is 2. The lowest BCUT2D eigenvalue weighted by atomic mass is 10.1. The lowest BCUT2D eigenvalue weighted by Gasteiger charge is -2.34. The minimum Gasteiger partial charge on any atom is -0.454 e. The average Bonchev–Trinajstić information content (AvgIpc) is 2.97. The maximum Gasteiger partial charge on any atom is 0.254 e. The Morgan fingerprint density at radius 2 is 2.00 bits per heavy atom. The molecule has 6 nitrogen and oxygen atoms in total. The molecule has 2 aliphatic heterocycles. The molecule has 0 radical (unpaired) electrons. The Bertz CT molecular complexity index is 544. The fourth-order valence-electron chi connectivity index (χ4n) is 2.59. The van der Waals surface area contributed by atoms with Crippen molar-refractivity contribution in [1.29, 1.82) is 0 Å². The van der Waals surface area contributed by atoms with Gasteiger partial charge in [0.15, 0.2) is 11.5 Å². The quantitative estimate of drug-likeness (QED) is 0.895. The number of ether oxygens (including phenoxy) is 2. The second-order valence-electron chi connectivity index (χ2n) is 5.05. The van der Waals surface area contributed by atoms with Crippen LogP contribution in [0.3, 0.4) is 0 Å². The number of aliphatic hydroxyl groups is 1. The van der Waals surface area contributed by atoms with Gasteiger partial charge in [-0.3, -0.25) is 9.69 Å². The van der Waals surface area contributed by atoms with E-state index in [2.05, 4.69) is 4.90 Å². The molecule has 1 aromatic carbocycles. The summed E-state index contributed by atoms with van der Waals surface area (Å²) < 4.78 is 10.5. The maximum absolute atomic E-state index is 12.5. The van der Waals surface area contributed by atoms with Crippen molar-refractivity contribution in [3.05, 3.63) is 22.7 Å². The Labute approximate surface area is 127 Å². The molecular weight excluding hydrogens is 296 g/mol. The highest BCUT2D eigenvalue weighted by Crippen LogP contribution is 2.40. The van der Waals surface area contributed by atoms with Gasteiger partial charge in [-0.1, -0.05) is 11.6 Å². The Balaban J connectivity index is 1.70. The number of aliphatic hydroxyl groups excluding tert-OH is 1. The normalized spacial score (nSPS) is 18.1. The monoisotopic (exact) mass is 312 g/mol. The molecule has 1 fully saturated rings. The zero-order valence-corrected chi connectivity index (χ0v) is 12.3. The molecule has 0 spiro atoms. The van der Waals surface area contributed by atoms with E-state index in [0.717, 1.165) is 13.1 Å². The third kappa shape index (κ3) is 2.92. The smallest absolute Gasteiger partial charge is 0.254 e. The van der Waals surface area contributed by atoms with Gasteiger partial charge in [0, 0.05) is 38.3 Å². The molecule has 1 N–H and O–H groups in total. The molecule has 1 amide bonds. The fraction of sp³-hybridized carbons (Fsp3) is 0.500. The number of hydrogen-bond acceptors (Lipinski definition) is 5. The van der Waals surface area contributed by atoms with Crippen LogP contribution in [0.1, 0.15) is 10.4 Å². The summed E-state index contributed by atoms with van der Waals surface area (Å²) in [4.78, 5) is 16.4. The molecule has 3 rings (SSSR count).